The van der Waals surface area contributed by atoms with Gasteiger partial charge < -0.3 is 4.74 Å². The first-order chi connectivity index (χ1) is 8.79. The van der Waals surface area contributed by atoms with Crippen molar-refractivity contribution >= 4 is 11.8 Å². The van der Waals surface area contributed by atoms with Crippen LogP contribution in [0.2, 0.25) is 0 Å². The minimum Gasteiger partial charge on any atom is -0.496 e. The highest BCUT2D eigenvalue weighted by atomic mass is 32.2. The summed E-state index contributed by atoms with van der Waals surface area (Å²) in [5.74, 6) is 2.64. The van der Waals surface area contributed by atoms with E-state index in [9.17, 15) is 0 Å². The van der Waals surface area contributed by atoms with Crippen molar-refractivity contribution in [3.05, 3.63) is 24.3 Å². The molecule has 0 bridgehead atoms. The number of ether oxygens (including phenoxy) is 1. The van der Waals surface area contributed by atoms with Crippen molar-refractivity contribution in [1.29, 1.82) is 0 Å². The molecule has 1 aromatic heterocycles. The van der Waals surface area contributed by atoms with Gasteiger partial charge >= 0.3 is 0 Å². The van der Waals surface area contributed by atoms with Gasteiger partial charge in [-0.05, 0) is 19.2 Å². The van der Waals surface area contributed by atoms with E-state index in [0.29, 0.717) is 0 Å². The van der Waals surface area contributed by atoms with Gasteiger partial charge in [-0.2, -0.15) is 0 Å². The van der Waals surface area contributed by atoms with Crippen LogP contribution in [0, 0.1) is 0 Å². The molecule has 18 heavy (non-hydrogen) atoms. The lowest BCUT2D eigenvalue weighted by Gasteiger charge is -2.23. The maximum atomic E-state index is 5.39. The third kappa shape index (κ3) is 1.87. The summed E-state index contributed by atoms with van der Waals surface area (Å²) >= 11 is 1.70. The van der Waals surface area contributed by atoms with E-state index in [1.165, 1.54) is 0 Å². The molecule has 2 heterocycles. The number of nitrogens with zero attached hydrogens (tertiary/aromatic N) is 4. The zero-order valence-electron chi connectivity index (χ0n) is 10.3. The van der Waals surface area contributed by atoms with Gasteiger partial charge in [0.1, 0.15) is 5.75 Å². The monoisotopic (exact) mass is 262 g/mol. The van der Waals surface area contributed by atoms with E-state index in [1.54, 1.807) is 18.9 Å². The van der Waals surface area contributed by atoms with Crippen LogP contribution < -0.4 is 4.74 Å². The van der Waals surface area contributed by atoms with Gasteiger partial charge in [0.15, 0.2) is 11.0 Å². The van der Waals surface area contributed by atoms with E-state index in [0.717, 1.165) is 34.8 Å². The number of benzene rings is 1. The van der Waals surface area contributed by atoms with Crippen molar-refractivity contribution in [2.45, 2.75) is 11.8 Å². The maximum Gasteiger partial charge on any atom is 0.193 e. The van der Waals surface area contributed by atoms with E-state index in [1.807, 2.05) is 24.3 Å². The molecule has 0 aliphatic carbocycles. The lowest BCUT2D eigenvalue weighted by atomic mass is 10.2. The molecule has 0 unspecified atom stereocenters. The van der Waals surface area contributed by atoms with E-state index in [4.69, 9.17) is 4.74 Å². The summed E-state index contributed by atoms with van der Waals surface area (Å²) in [6, 6.07) is 7.89. The number of methoxy groups -OCH3 is 1. The second kappa shape index (κ2) is 4.62. The number of hydrogen-bond acceptors (Lipinski definition) is 5. The SMILES string of the molecule is COc1ccccc1-c1nnc2n1CN(C)CS2. The van der Waals surface area contributed by atoms with E-state index < -0.39 is 0 Å². The van der Waals surface area contributed by atoms with Crippen LogP contribution in [0.4, 0.5) is 0 Å². The number of rotatable bonds is 2. The van der Waals surface area contributed by atoms with E-state index in [2.05, 4.69) is 26.7 Å². The predicted octanol–water partition coefficient (Wildman–Crippen LogP) is 1.91. The Morgan fingerprint density at radius 2 is 2.11 bits per heavy atom. The molecule has 0 fully saturated rings. The molecule has 0 amide bonds. The first-order valence-electron chi connectivity index (χ1n) is 5.67. The topological polar surface area (TPSA) is 43.2 Å². The van der Waals surface area contributed by atoms with Crippen LogP contribution in [0.1, 0.15) is 0 Å². The van der Waals surface area contributed by atoms with Gasteiger partial charge in [-0.15, -0.1) is 10.2 Å². The highest BCUT2D eigenvalue weighted by molar-refractivity contribution is 7.99. The average molecular weight is 262 g/mol. The van der Waals surface area contributed by atoms with Crippen LogP contribution in [0.3, 0.4) is 0 Å². The second-order valence-corrected chi connectivity index (χ2v) is 5.12. The summed E-state index contributed by atoms with van der Waals surface area (Å²) in [4.78, 5) is 2.22. The molecular weight excluding hydrogens is 248 g/mol. The summed E-state index contributed by atoms with van der Waals surface area (Å²) in [5.41, 5.74) is 0.981. The Morgan fingerprint density at radius 1 is 1.28 bits per heavy atom. The number of para-hydroxylation sites is 1. The lowest BCUT2D eigenvalue weighted by molar-refractivity contribution is 0.291. The van der Waals surface area contributed by atoms with Gasteiger partial charge in [0.2, 0.25) is 0 Å². The molecule has 94 valence electrons. The van der Waals surface area contributed by atoms with Crippen molar-refractivity contribution < 1.29 is 4.74 Å². The van der Waals surface area contributed by atoms with Crippen molar-refractivity contribution in [3.63, 3.8) is 0 Å². The smallest absolute Gasteiger partial charge is 0.193 e. The number of hydrogen-bond donors (Lipinski definition) is 0. The van der Waals surface area contributed by atoms with Gasteiger partial charge in [0, 0.05) is 0 Å². The Balaban J connectivity index is 2.10. The summed E-state index contributed by atoms with van der Waals surface area (Å²) in [6.45, 7) is 0.808. The summed E-state index contributed by atoms with van der Waals surface area (Å²) in [5, 5.41) is 9.50. The minimum absolute atomic E-state index is 0.808. The molecule has 0 saturated carbocycles. The molecule has 3 rings (SSSR count). The molecule has 0 spiro atoms. The molecule has 2 aromatic rings. The predicted molar refractivity (Wildman–Crippen MR) is 70.5 cm³/mol. The zero-order valence-corrected chi connectivity index (χ0v) is 11.1. The number of aromatic nitrogens is 3. The molecule has 0 saturated heterocycles. The van der Waals surface area contributed by atoms with Crippen LogP contribution in [0.5, 0.6) is 5.75 Å². The van der Waals surface area contributed by atoms with Gasteiger partial charge in [-0.1, -0.05) is 23.9 Å². The molecule has 0 atom stereocenters. The fraction of sp³-hybridized carbons (Fsp3) is 0.333. The van der Waals surface area contributed by atoms with Gasteiger partial charge in [0.25, 0.3) is 0 Å². The van der Waals surface area contributed by atoms with Crippen LogP contribution in [0.15, 0.2) is 29.4 Å². The normalized spacial score (nSPS) is 15.4. The van der Waals surface area contributed by atoms with Crippen LogP contribution >= 0.6 is 11.8 Å². The largest absolute Gasteiger partial charge is 0.496 e. The van der Waals surface area contributed by atoms with Crippen LogP contribution in [-0.4, -0.2) is 39.7 Å². The van der Waals surface area contributed by atoms with Crippen LogP contribution in [0.25, 0.3) is 11.4 Å². The average Bonchev–Trinajstić information content (AvgIpc) is 2.81. The lowest BCUT2D eigenvalue weighted by Crippen LogP contribution is -2.26. The summed E-state index contributed by atoms with van der Waals surface area (Å²) in [7, 11) is 3.76. The Labute approximate surface area is 110 Å². The van der Waals surface area contributed by atoms with Crippen LogP contribution in [-0.2, 0) is 6.67 Å². The summed E-state index contributed by atoms with van der Waals surface area (Å²) < 4.78 is 7.50. The summed E-state index contributed by atoms with van der Waals surface area (Å²) in [6.07, 6.45) is 0. The maximum absolute atomic E-state index is 5.39. The molecule has 0 radical (unpaired) electrons. The Morgan fingerprint density at radius 3 is 2.94 bits per heavy atom. The molecule has 6 heteroatoms. The standard InChI is InChI=1S/C12H14N4OS/c1-15-7-16-11(13-14-12(16)18-8-15)9-5-3-4-6-10(9)17-2/h3-6H,7-8H2,1-2H3. The Hall–Kier alpha value is -1.53. The first kappa shape index (κ1) is 11.6. The van der Waals surface area contributed by atoms with Crippen molar-refractivity contribution in [3.8, 4) is 17.1 Å². The molecule has 0 N–H and O–H groups in total. The number of thioether (sulfide) groups is 1. The fourth-order valence-corrected chi connectivity index (χ4v) is 2.82. The fourth-order valence-electron chi connectivity index (χ4n) is 2.00. The third-order valence-corrected chi connectivity index (χ3v) is 3.99. The number of fused-ring (bicyclic) bond motifs is 1. The highest BCUT2D eigenvalue weighted by Gasteiger charge is 2.21. The molecule has 1 aromatic carbocycles. The molecule has 1 aliphatic rings. The Bertz CT molecular complexity index is 569. The molecule has 1 aliphatic heterocycles. The quantitative estimate of drug-likeness (QED) is 0.827. The molecular formula is C12H14N4OS. The minimum atomic E-state index is 0.808. The van der Waals surface area contributed by atoms with Gasteiger partial charge in [-0.3, -0.25) is 9.47 Å². The second-order valence-electron chi connectivity index (χ2n) is 4.21. The van der Waals surface area contributed by atoms with Crippen molar-refractivity contribution in [2.24, 2.45) is 0 Å². The van der Waals surface area contributed by atoms with E-state index in [-0.39, 0.29) is 0 Å². The zero-order chi connectivity index (χ0) is 12.5. The molecule has 5 nitrogen and oxygen atoms in total. The van der Waals surface area contributed by atoms with Crippen molar-refractivity contribution in [2.75, 3.05) is 20.0 Å². The Kier molecular flexibility index (Phi) is 2.97. The van der Waals surface area contributed by atoms with Gasteiger partial charge in [0.05, 0.1) is 25.2 Å². The third-order valence-electron chi connectivity index (χ3n) is 2.86. The van der Waals surface area contributed by atoms with Gasteiger partial charge in [-0.25, -0.2) is 0 Å². The van der Waals surface area contributed by atoms with Crippen molar-refractivity contribution in [1.82, 2.24) is 19.7 Å². The first-order valence-corrected chi connectivity index (χ1v) is 6.66. The highest BCUT2D eigenvalue weighted by Crippen LogP contribution is 2.32. The van der Waals surface area contributed by atoms with E-state index >= 15 is 0 Å².